The lowest BCUT2D eigenvalue weighted by atomic mass is 10.0. The smallest absolute Gasteiger partial charge is 0.462 e. The van der Waals surface area contributed by atoms with E-state index >= 15 is 0 Å². The highest BCUT2D eigenvalue weighted by atomic mass is 31.2. The SMILES string of the molecule is CCCCCCCCCCCCCCCCCCCCC(=O)OC[C@H](COP(=O)(O)OC[C@@H](O)COP(=O)(O)OC[C@@H](COC(=O)CCCCCCCCC)OC(=O)CCCCCCCCCCCC(C)C)OC(=O)CCCCCCCCCCCCCCCCCCCCC(C)C. The number of phosphoric acid groups is 2. The molecular weight excluding hydrogens is 1280 g/mol. The average molecular weight is 1440 g/mol. The summed E-state index contributed by atoms with van der Waals surface area (Å²) in [5.74, 6) is -0.560. The lowest BCUT2D eigenvalue weighted by Crippen LogP contribution is -2.30. The zero-order valence-corrected chi connectivity index (χ0v) is 65.9. The van der Waals surface area contributed by atoms with Crippen molar-refractivity contribution < 1.29 is 80.2 Å². The van der Waals surface area contributed by atoms with Crippen molar-refractivity contribution in [3.63, 3.8) is 0 Å². The number of aliphatic hydroxyl groups is 1. The maximum absolute atomic E-state index is 13.1. The van der Waals surface area contributed by atoms with E-state index in [9.17, 15) is 43.2 Å². The molecule has 3 N–H and O–H groups in total. The number of hydrogen-bond donors (Lipinski definition) is 3. The Morgan fingerprint density at radius 2 is 0.469 bits per heavy atom. The molecular formula is C79H154O17P2. The molecule has 0 aromatic carbocycles. The lowest BCUT2D eigenvalue weighted by molar-refractivity contribution is -0.161. The Morgan fingerprint density at radius 3 is 0.694 bits per heavy atom. The van der Waals surface area contributed by atoms with Gasteiger partial charge in [-0.1, -0.05) is 363 Å². The molecule has 0 amide bonds. The number of carbonyl (C=O) groups is 4. The fourth-order valence-corrected chi connectivity index (χ4v) is 13.8. The van der Waals surface area contributed by atoms with Crippen LogP contribution >= 0.6 is 15.6 Å². The molecule has 19 heteroatoms. The summed E-state index contributed by atoms with van der Waals surface area (Å²) in [7, 11) is -9.91. The third-order valence-electron chi connectivity index (χ3n) is 18.5. The largest absolute Gasteiger partial charge is 0.472 e. The molecule has 0 spiro atoms. The molecule has 0 radical (unpaired) electrons. The van der Waals surface area contributed by atoms with Crippen LogP contribution in [0.2, 0.25) is 0 Å². The van der Waals surface area contributed by atoms with Gasteiger partial charge in [-0.05, 0) is 37.5 Å². The van der Waals surface area contributed by atoms with Crippen LogP contribution in [0.4, 0.5) is 0 Å². The van der Waals surface area contributed by atoms with E-state index in [1.807, 2.05) is 0 Å². The van der Waals surface area contributed by atoms with Gasteiger partial charge in [0.05, 0.1) is 26.4 Å². The van der Waals surface area contributed by atoms with Crippen LogP contribution in [0.5, 0.6) is 0 Å². The van der Waals surface area contributed by atoms with Gasteiger partial charge in [-0.25, -0.2) is 9.13 Å². The third-order valence-corrected chi connectivity index (χ3v) is 20.4. The van der Waals surface area contributed by atoms with Gasteiger partial charge < -0.3 is 33.8 Å². The van der Waals surface area contributed by atoms with Crippen LogP contribution in [-0.4, -0.2) is 96.7 Å². The minimum Gasteiger partial charge on any atom is -0.462 e. The quantitative estimate of drug-likeness (QED) is 0.0222. The number of unbranched alkanes of at least 4 members (excludes halogenated alkanes) is 48. The lowest BCUT2D eigenvalue weighted by Gasteiger charge is -2.21. The summed E-state index contributed by atoms with van der Waals surface area (Å²) in [6.07, 6.45) is 60.0. The van der Waals surface area contributed by atoms with Gasteiger partial charge in [0, 0.05) is 25.7 Å². The van der Waals surface area contributed by atoms with Crippen LogP contribution in [0.1, 0.15) is 414 Å². The molecule has 0 aliphatic heterocycles. The van der Waals surface area contributed by atoms with Crippen LogP contribution in [0.3, 0.4) is 0 Å². The van der Waals surface area contributed by atoms with Gasteiger partial charge in [0.25, 0.3) is 0 Å². The van der Waals surface area contributed by atoms with E-state index in [1.54, 1.807) is 0 Å². The van der Waals surface area contributed by atoms with Crippen molar-refractivity contribution >= 4 is 39.5 Å². The molecule has 582 valence electrons. The van der Waals surface area contributed by atoms with E-state index in [0.717, 1.165) is 115 Å². The molecule has 2 unspecified atom stereocenters. The molecule has 0 fully saturated rings. The second-order valence-corrected chi connectivity index (χ2v) is 32.3. The molecule has 0 heterocycles. The van der Waals surface area contributed by atoms with E-state index in [0.29, 0.717) is 25.7 Å². The first-order valence-electron chi connectivity index (χ1n) is 41.0. The summed E-state index contributed by atoms with van der Waals surface area (Å²) in [6, 6.07) is 0. The van der Waals surface area contributed by atoms with Gasteiger partial charge in [-0.3, -0.25) is 37.3 Å². The van der Waals surface area contributed by atoms with Crippen LogP contribution in [0.25, 0.3) is 0 Å². The van der Waals surface area contributed by atoms with E-state index in [1.165, 1.54) is 218 Å². The molecule has 5 atom stereocenters. The van der Waals surface area contributed by atoms with Gasteiger partial charge in [0.2, 0.25) is 0 Å². The van der Waals surface area contributed by atoms with Crippen molar-refractivity contribution in [2.24, 2.45) is 11.8 Å². The van der Waals surface area contributed by atoms with Gasteiger partial charge in [-0.2, -0.15) is 0 Å². The van der Waals surface area contributed by atoms with Gasteiger partial charge >= 0.3 is 39.5 Å². The van der Waals surface area contributed by atoms with Gasteiger partial charge in [-0.15, -0.1) is 0 Å². The molecule has 0 aromatic heterocycles. The van der Waals surface area contributed by atoms with E-state index in [-0.39, 0.29) is 25.7 Å². The van der Waals surface area contributed by atoms with Crippen LogP contribution < -0.4 is 0 Å². The Kier molecular flexibility index (Phi) is 69.3. The summed E-state index contributed by atoms with van der Waals surface area (Å²) in [6.45, 7) is 9.58. The van der Waals surface area contributed by atoms with Crippen LogP contribution in [-0.2, 0) is 65.4 Å². The molecule has 17 nitrogen and oxygen atoms in total. The normalized spacial score (nSPS) is 13.9. The maximum atomic E-state index is 13.1. The third kappa shape index (κ3) is 72.4. The summed E-state index contributed by atoms with van der Waals surface area (Å²) in [4.78, 5) is 72.8. The van der Waals surface area contributed by atoms with Crippen molar-refractivity contribution in [3.05, 3.63) is 0 Å². The number of esters is 4. The minimum atomic E-state index is -4.96. The Balaban J connectivity index is 5.16. The zero-order chi connectivity index (χ0) is 72.1. The van der Waals surface area contributed by atoms with Gasteiger partial charge in [0.15, 0.2) is 12.2 Å². The summed E-state index contributed by atoms with van der Waals surface area (Å²) >= 11 is 0. The second-order valence-electron chi connectivity index (χ2n) is 29.4. The minimum absolute atomic E-state index is 0.105. The topological polar surface area (TPSA) is 237 Å². The summed E-state index contributed by atoms with van der Waals surface area (Å²) in [5.41, 5.74) is 0. The fourth-order valence-electron chi connectivity index (χ4n) is 12.2. The monoisotopic (exact) mass is 1440 g/mol. The molecule has 0 rings (SSSR count). The number of hydrogen-bond acceptors (Lipinski definition) is 15. The Morgan fingerprint density at radius 1 is 0.276 bits per heavy atom. The molecule has 0 bridgehead atoms. The van der Waals surface area contributed by atoms with Crippen molar-refractivity contribution in [1.82, 2.24) is 0 Å². The highest BCUT2D eigenvalue weighted by Gasteiger charge is 2.30. The predicted molar refractivity (Wildman–Crippen MR) is 400 cm³/mol. The number of rotatable bonds is 78. The van der Waals surface area contributed by atoms with Crippen molar-refractivity contribution in [1.29, 1.82) is 0 Å². The number of ether oxygens (including phenoxy) is 4. The summed E-state index contributed by atoms with van der Waals surface area (Å²) < 4.78 is 68.5. The van der Waals surface area contributed by atoms with E-state index < -0.39 is 97.5 Å². The molecule has 0 saturated carbocycles. The number of carbonyl (C=O) groups excluding carboxylic acids is 4. The number of phosphoric ester groups is 2. The predicted octanol–water partition coefficient (Wildman–Crippen LogP) is 23.5. The number of aliphatic hydroxyl groups excluding tert-OH is 1. The first kappa shape index (κ1) is 96.1. The Labute approximate surface area is 600 Å². The average Bonchev–Trinajstić information content (AvgIpc) is 0.985. The molecule has 0 aromatic rings. The second kappa shape index (κ2) is 70.7. The van der Waals surface area contributed by atoms with Crippen molar-refractivity contribution in [3.8, 4) is 0 Å². The van der Waals surface area contributed by atoms with E-state index in [4.69, 9.17) is 37.0 Å². The fraction of sp³-hybridized carbons (Fsp3) is 0.949. The molecule has 0 aliphatic carbocycles. The Hall–Kier alpha value is -1.94. The van der Waals surface area contributed by atoms with Gasteiger partial charge in [0.1, 0.15) is 19.3 Å². The highest BCUT2D eigenvalue weighted by molar-refractivity contribution is 7.47. The van der Waals surface area contributed by atoms with Crippen molar-refractivity contribution in [2.75, 3.05) is 39.6 Å². The van der Waals surface area contributed by atoms with Crippen LogP contribution in [0.15, 0.2) is 0 Å². The molecule has 0 saturated heterocycles. The zero-order valence-electron chi connectivity index (χ0n) is 64.1. The maximum Gasteiger partial charge on any atom is 0.472 e. The molecule has 0 aliphatic rings. The highest BCUT2D eigenvalue weighted by Crippen LogP contribution is 2.45. The first-order chi connectivity index (χ1) is 47.4. The van der Waals surface area contributed by atoms with Crippen molar-refractivity contribution in [2.45, 2.75) is 432 Å². The van der Waals surface area contributed by atoms with Crippen LogP contribution in [0, 0.1) is 11.8 Å². The molecule has 98 heavy (non-hydrogen) atoms. The Bertz CT molecular complexity index is 1890. The van der Waals surface area contributed by atoms with E-state index in [2.05, 4.69) is 41.5 Å². The first-order valence-corrected chi connectivity index (χ1v) is 44.0. The summed E-state index contributed by atoms with van der Waals surface area (Å²) in [5, 5.41) is 10.6. The standard InChI is InChI=1S/C79H154O17P2/c1-7-9-11-13-15-16-17-18-19-20-24-27-30-33-38-44-50-56-62-77(82)90-68-75(96-78(83)63-57-51-45-39-34-31-28-25-22-21-23-26-29-32-36-42-47-53-59-71(3)4)70-94-98(87,88)92-66-73(80)65-91-97(85,86)93-69-74(67-89-76(81)61-55-49-41-14-12-10-8-2)95-79(84)64-58-52-46-40-35-37-43-48-54-60-72(5)6/h71-75,80H,7-70H2,1-6H3,(H,85,86)(H,87,88)/t73-,74+,75+/m0/s1.